The van der Waals surface area contributed by atoms with Crippen LogP contribution < -0.4 is 19.8 Å². The number of Topliss-reactive ketones (excluding diaryl/α,β-unsaturated/α-hetero) is 1. The van der Waals surface area contributed by atoms with Gasteiger partial charge in [0.05, 0.1) is 4.53 Å². The van der Waals surface area contributed by atoms with Gasteiger partial charge in [0, 0.05) is 11.3 Å². The van der Waals surface area contributed by atoms with Crippen molar-refractivity contribution in [3.63, 3.8) is 0 Å². The first-order valence-corrected chi connectivity index (χ1v) is 9.77. The monoisotopic (exact) mass is 389 g/mol. The van der Waals surface area contributed by atoms with Crippen molar-refractivity contribution in [2.45, 2.75) is 13.6 Å². The Morgan fingerprint density at radius 1 is 1.14 bits per heavy atom. The number of anilines is 1. The van der Waals surface area contributed by atoms with Crippen LogP contribution in [-0.4, -0.2) is 17.0 Å². The third-order valence-electron chi connectivity index (χ3n) is 4.53. The van der Waals surface area contributed by atoms with E-state index in [1.807, 2.05) is 71.7 Å². The quantitative estimate of drug-likeness (QED) is 0.645. The van der Waals surface area contributed by atoms with Gasteiger partial charge in [0.1, 0.15) is 13.3 Å². The molecule has 6 heteroatoms. The van der Waals surface area contributed by atoms with Crippen LogP contribution in [0, 0.1) is 0 Å². The van der Waals surface area contributed by atoms with E-state index in [0.717, 1.165) is 16.1 Å². The second-order valence-corrected chi connectivity index (χ2v) is 7.51. The Morgan fingerprint density at radius 2 is 1.96 bits per heavy atom. The molecule has 0 N–H and O–H groups in total. The van der Waals surface area contributed by atoms with Gasteiger partial charge >= 0.3 is 0 Å². The standard InChI is InChI=1S/C22H19N3O2S/c1-16(26)18-10-6-11-19(13-18)24-14-23-22-25(15-24)21(27)20(28-22)12-5-9-17-7-3-2-4-8-17/h2-13H,14-15H2,1H3/b9-5+,20-12-. The minimum absolute atomic E-state index is 0.0197. The molecule has 0 saturated carbocycles. The average Bonchev–Trinajstić information content (AvgIpc) is 3.04. The van der Waals surface area contributed by atoms with Crippen LogP contribution in [0.3, 0.4) is 0 Å². The zero-order chi connectivity index (χ0) is 19.5. The van der Waals surface area contributed by atoms with E-state index >= 15 is 0 Å². The molecule has 3 aromatic rings. The van der Waals surface area contributed by atoms with E-state index in [2.05, 4.69) is 4.99 Å². The van der Waals surface area contributed by atoms with E-state index in [1.165, 1.54) is 11.3 Å². The van der Waals surface area contributed by atoms with E-state index in [0.29, 0.717) is 23.4 Å². The van der Waals surface area contributed by atoms with Crippen LogP contribution >= 0.6 is 11.3 Å². The fourth-order valence-electron chi connectivity index (χ4n) is 3.02. The van der Waals surface area contributed by atoms with Gasteiger partial charge < -0.3 is 4.90 Å². The van der Waals surface area contributed by atoms with Gasteiger partial charge in [0.2, 0.25) is 0 Å². The van der Waals surface area contributed by atoms with E-state index in [-0.39, 0.29) is 11.3 Å². The Bertz CT molecular complexity index is 1220. The number of fused-ring (bicyclic) bond motifs is 1. The SMILES string of the molecule is CC(=O)c1cccc(N2CN=c3s/c(=C\C=C\c4ccccc4)c(=O)n3C2)c1. The van der Waals surface area contributed by atoms with Gasteiger partial charge in [-0.1, -0.05) is 66.0 Å². The van der Waals surface area contributed by atoms with Crippen LogP contribution in [0.2, 0.25) is 0 Å². The van der Waals surface area contributed by atoms with Crippen LogP contribution in [0.4, 0.5) is 5.69 Å². The summed E-state index contributed by atoms with van der Waals surface area (Å²) in [6.07, 6.45) is 5.70. The summed E-state index contributed by atoms with van der Waals surface area (Å²) < 4.78 is 2.34. The molecule has 0 aliphatic carbocycles. The minimum atomic E-state index is -0.0473. The second kappa shape index (κ2) is 7.78. The van der Waals surface area contributed by atoms with Crippen molar-refractivity contribution in [2.24, 2.45) is 4.99 Å². The molecule has 0 amide bonds. The molecule has 0 saturated heterocycles. The van der Waals surface area contributed by atoms with Gasteiger partial charge in [-0.15, -0.1) is 0 Å². The third kappa shape index (κ3) is 3.73. The van der Waals surface area contributed by atoms with Crippen molar-refractivity contribution in [1.29, 1.82) is 0 Å². The van der Waals surface area contributed by atoms with Gasteiger partial charge in [-0.25, -0.2) is 4.99 Å². The summed E-state index contributed by atoms with van der Waals surface area (Å²) >= 11 is 1.40. The molecule has 0 bridgehead atoms. The van der Waals surface area contributed by atoms with E-state index in [1.54, 1.807) is 17.6 Å². The van der Waals surface area contributed by atoms with Crippen LogP contribution in [-0.2, 0) is 6.67 Å². The lowest BCUT2D eigenvalue weighted by Crippen LogP contribution is -2.42. The van der Waals surface area contributed by atoms with Crippen molar-refractivity contribution in [3.05, 3.63) is 91.5 Å². The number of carbonyl (C=O) groups is 1. The summed E-state index contributed by atoms with van der Waals surface area (Å²) in [6, 6.07) is 17.4. The van der Waals surface area contributed by atoms with Crippen molar-refractivity contribution in [2.75, 3.05) is 11.6 Å². The van der Waals surface area contributed by atoms with Gasteiger partial charge in [-0.05, 0) is 30.7 Å². The maximum Gasteiger partial charge on any atom is 0.271 e. The predicted octanol–water partition coefficient (Wildman–Crippen LogP) is 2.66. The highest BCUT2D eigenvalue weighted by molar-refractivity contribution is 7.07. The summed E-state index contributed by atoms with van der Waals surface area (Å²) in [4.78, 5) is 31.7. The molecule has 1 aliphatic rings. The normalized spacial score (nSPS) is 14.2. The smallest absolute Gasteiger partial charge is 0.271 e. The lowest BCUT2D eigenvalue weighted by molar-refractivity contribution is 0.101. The summed E-state index contributed by atoms with van der Waals surface area (Å²) in [7, 11) is 0. The molecule has 1 aliphatic heterocycles. The highest BCUT2D eigenvalue weighted by Crippen LogP contribution is 2.18. The fourth-order valence-corrected chi connectivity index (χ4v) is 3.94. The summed E-state index contributed by atoms with van der Waals surface area (Å²) in [5.74, 6) is 0.0197. The number of benzene rings is 2. The number of hydrogen-bond donors (Lipinski definition) is 0. The first-order chi connectivity index (χ1) is 13.6. The number of nitrogens with zero attached hydrogens (tertiary/aromatic N) is 3. The Kier molecular flexibility index (Phi) is 5.04. The van der Waals surface area contributed by atoms with E-state index in [9.17, 15) is 9.59 Å². The number of rotatable bonds is 4. The molecule has 0 atom stereocenters. The Hall–Kier alpha value is -3.25. The van der Waals surface area contributed by atoms with Crippen molar-refractivity contribution in [1.82, 2.24) is 4.57 Å². The van der Waals surface area contributed by atoms with Gasteiger partial charge in [0.15, 0.2) is 10.6 Å². The number of allylic oxidation sites excluding steroid dienone is 1. The third-order valence-corrected chi connectivity index (χ3v) is 5.59. The first-order valence-electron chi connectivity index (χ1n) is 8.95. The molecular formula is C22H19N3O2S. The highest BCUT2D eigenvalue weighted by atomic mass is 32.1. The maximum atomic E-state index is 12.8. The first kappa shape index (κ1) is 18.1. The number of aromatic nitrogens is 1. The average molecular weight is 389 g/mol. The molecule has 0 radical (unpaired) electrons. The Morgan fingerprint density at radius 3 is 2.75 bits per heavy atom. The number of carbonyl (C=O) groups excluding carboxylic acids is 1. The van der Waals surface area contributed by atoms with Gasteiger partial charge in [-0.3, -0.25) is 14.2 Å². The molecule has 0 unspecified atom stereocenters. The van der Waals surface area contributed by atoms with Crippen LogP contribution in [0.15, 0.2) is 70.5 Å². The van der Waals surface area contributed by atoms with Crippen molar-refractivity contribution >= 4 is 35.0 Å². The zero-order valence-electron chi connectivity index (χ0n) is 15.4. The van der Waals surface area contributed by atoms with Crippen LogP contribution in [0.1, 0.15) is 22.8 Å². The van der Waals surface area contributed by atoms with Gasteiger partial charge in [0.25, 0.3) is 5.56 Å². The summed E-state index contributed by atoms with van der Waals surface area (Å²) in [5, 5.41) is 0. The lowest BCUT2D eigenvalue weighted by atomic mass is 10.1. The summed E-state index contributed by atoms with van der Waals surface area (Å²) in [5.41, 5.74) is 2.58. The molecule has 0 spiro atoms. The molecular weight excluding hydrogens is 370 g/mol. The predicted molar refractivity (Wildman–Crippen MR) is 113 cm³/mol. The molecule has 2 heterocycles. The molecule has 140 valence electrons. The number of ketones is 1. The zero-order valence-corrected chi connectivity index (χ0v) is 16.2. The fraction of sp³-hybridized carbons (Fsp3) is 0.136. The Balaban J connectivity index is 1.61. The van der Waals surface area contributed by atoms with Gasteiger partial charge in [-0.2, -0.15) is 0 Å². The topological polar surface area (TPSA) is 54.7 Å². The van der Waals surface area contributed by atoms with Crippen molar-refractivity contribution < 1.29 is 4.79 Å². The molecule has 4 rings (SSSR count). The molecule has 28 heavy (non-hydrogen) atoms. The van der Waals surface area contributed by atoms with Crippen LogP contribution in [0.5, 0.6) is 0 Å². The summed E-state index contributed by atoms with van der Waals surface area (Å²) in [6.45, 7) is 2.43. The highest BCUT2D eigenvalue weighted by Gasteiger charge is 2.16. The number of thiazole rings is 1. The van der Waals surface area contributed by atoms with Crippen molar-refractivity contribution in [3.8, 4) is 0 Å². The maximum absolute atomic E-state index is 12.8. The van der Waals surface area contributed by atoms with E-state index in [4.69, 9.17) is 0 Å². The number of hydrogen-bond acceptors (Lipinski definition) is 5. The molecule has 5 nitrogen and oxygen atoms in total. The minimum Gasteiger partial charge on any atom is -0.334 e. The Labute approximate surface area is 166 Å². The molecule has 2 aromatic carbocycles. The van der Waals surface area contributed by atoms with E-state index < -0.39 is 0 Å². The van der Waals surface area contributed by atoms with Crippen LogP contribution in [0.25, 0.3) is 12.2 Å². The molecule has 1 aromatic heterocycles. The second-order valence-electron chi connectivity index (χ2n) is 6.51. The largest absolute Gasteiger partial charge is 0.334 e. The lowest BCUT2D eigenvalue weighted by Gasteiger charge is -2.25. The molecule has 0 fully saturated rings.